The van der Waals surface area contributed by atoms with E-state index in [1.807, 2.05) is 56.3 Å². The Bertz CT molecular complexity index is 1360. The molecule has 1 amide bonds. The Morgan fingerprint density at radius 1 is 0.969 bits per heavy atom. The minimum Gasteiger partial charge on any atom is -0.345 e. The van der Waals surface area contributed by atoms with E-state index in [-0.39, 0.29) is 16.8 Å². The molecule has 5 nitrogen and oxygen atoms in total. The molecule has 0 aliphatic rings. The van der Waals surface area contributed by atoms with Gasteiger partial charge in [-0.15, -0.1) is 11.3 Å². The highest BCUT2D eigenvalue weighted by Crippen LogP contribution is 2.31. The summed E-state index contributed by atoms with van der Waals surface area (Å²) in [5, 5.41) is 3.86. The van der Waals surface area contributed by atoms with E-state index in [0.29, 0.717) is 10.6 Å². The first-order valence-electron chi connectivity index (χ1n) is 10.2. The van der Waals surface area contributed by atoms with E-state index in [4.69, 9.17) is 0 Å². The van der Waals surface area contributed by atoms with Gasteiger partial charge in [0.05, 0.1) is 21.5 Å². The molecule has 4 aromatic rings. The Balaban J connectivity index is 1.57. The normalized spacial score (nSPS) is 12.5. The molecule has 4 rings (SSSR count). The maximum absolute atomic E-state index is 13.0. The lowest BCUT2D eigenvalue weighted by atomic mass is 10.1. The summed E-state index contributed by atoms with van der Waals surface area (Å²) in [6.45, 7) is 3.86. The summed E-state index contributed by atoms with van der Waals surface area (Å²) in [5.41, 5.74) is 2.58. The summed E-state index contributed by atoms with van der Waals surface area (Å²) in [5.74, 6) is -0.148. The van der Waals surface area contributed by atoms with Gasteiger partial charge in [-0.2, -0.15) is 0 Å². The number of benzene rings is 3. The molecule has 0 aliphatic carbocycles. The van der Waals surface area contributed by atoms with E-state index in [1.165, 1.54) is 22.7 Å². The van der Waals surface area contributed by atoms with Crippen molar-refractivity contribution in [3.05, 3.63) is 94.9 Å². The lowest BCUT2D eigenvalue weighted by Crippen LogP contribution is -2.26. The number of hydrogen-bond donors (Lipinski definition) is 1. The number of nitrogens with zero attached hydrogens (tertiary/aromatic N) is 1. The Kier molecular flexibility index (Phi) is 6.04. The zero-order valence-electron chi connectivity index (χ0n) is 18.1. The van der Waals surface area contributed by atoms with Crippen molar-refractivity contribution in [1.82, 2.24) is 5.32 Å². The molecule has 3 aromatic carbocycles. The van der Waals surface area contributed by atoms with Gasteiger partial charge in [0.15, 0.2) is 0 Å². The van der Waals surface area contributed by atoms with Gasteiger partial charge in [0.1, 0.15) is 0 Å². The smallest absolute Gasteiger partial charge is 0.264 e. The van der Waals surface area contributed by atoms with Gasteiger partial charge in [-0.25, -0.2) is 8.42 Å². The number of sulfonamides is 1. The molecule has 0 spiro atoms. The number of hydrogen-bond acceptors (Lipinski definition) is 4. The molecule has 1 atom stereocenters. The first-order chi connectivity index (χ1) is 15.3. The lowest BCUT2D eigenvalue weighted by molar-refractivity contribution is 0.0944. The first kappa shape index (κ1) is 22.0. The van der Waals surface area contributed by atoms with Crippen LogP contribution in [-0.2, 0) is 10.0 Å². The second-order valence-corrected chi connectivity index (χ2v) is 10.8. The van der Waals surface area contributed by atoms with Crippen LogP contribution in [0.15, 0.2) is 83.8 Å². The molecule has 1 N–H and O–H groups in total. The highest BCUT2D eigenvalue weighted by molar-refractivity contribution is 7.92. The number of carbonyl (C=O) groups is 1. The van der Waals surface area contributed by atoms with Crippen LogP contribution in [0.3, 0.4) is 0 Å². The maximum Gasteiger partial charge on any atom is 0.264 e. The maximum atomic E-state index is 13.0. The highest BCUT2D eigenvalue weighted by atomic mass is 32.2. The van der Waals surface area contributed by atoms with Crippen molar-refractivity contribution in [3.63, 3.8) is 0 Å². The van der Waals surface area contributed by atoms with Crippen LogP contribution in [0.4, 0.5) is 5.69 Å². The van der Waals surface area contributed by atoms with Crippen LogP contribution in [0.1, 0.15) is 33.8 Å². The second-order valence-electron chi connectivity index (χ2n) is 7.72. The number of anilines is 1. The van der Waals surface area contributed by atoms with E-state index in [1.54, 1.807) is 36.4 Å². The van der Waals surface area contributed by atoms with E-state index in [9.17, 15) is 13.2 Å². The fourth-order valence-corrected chi connectivity index (χ4v) is 5.57. The van der Waals surface area contributed by atoms with Gasteiger partial charge >= 0.3 is 0 Å². The zero-order chi connectivity index (χ0) is 22.9. The number of amides is 1. The standard InChI is InChI=1S/C25H24N2O3S2/c1-17-9-12-22(13-10-17)32(29,30)27(3)21-11-14-23-20(15-21)16-24(31-23)25(28)26-18(2)19-7-5-4-6-8-19/h4-16,18H,1-3H3,(H,26,28)/t18-/m1/s1. The lowest BCUT2D eigenvalue weighted by Gasteiger charge is -2.19. The monoisotopic (exact) mass is 464 g/mol. The number of carbonyl (C=O) groups excluding carboxylic acids is 1. The van der Waals surface area contributed by atoms with Crippen molar-refractivity contribution in [2.45, 2.75) is 24.8 Å². The average Bonchev–Trinajstić information content (AvgIpc) is 3.23. The van der Waals surface area contributed by atoms with Gasteiger partial charge in [-0.05, 0) is 61.2 Å². The Morgan fingerprint density at radius 2 is 1.66 bits per heavy atom. The third-order valence-electron chi connectivity index (χ3n) is 5.41. The topological polar surface area (TPSA) is 66.5 Å². The number of rotatable bonds is 6. The van der Waals surface area contributed by atoms with E-state index in [0.717, 1.165) is 21.2 Å². The fourth-order valence-electron chi connectivity index (χ4n) is 3.44. The molecule has 0 unspecified atom stereocenters. The number of thiophene rings is 1. The third kappa shape index (κ3) is 4.40. The second kappa shape index (κ2) is 8.76. The largest absolute Gasteiger partial charge is 0.345 e. The van der Waals surface area contributed by atoms with Crippen molar-refractivity contribution in [1.29, 1.82) is 0 Å². The summed E-state index contributed by atoms with van der Waals surface area (Å²) >= 11 is 1.39. The Hall–Kier alpha value is -3.16. The molecule has 7 heteroatoms. The first-order valence-corrected chi connectivity index (χ1v) is 12.5. The summed E-state index contributed by atoms with van der Waals surface area (Å²) in [6.07, 6.45) is 0. The van der Waals surface area contributed by atoms with Crippen molar-refractivity contribution in [2.24, 2.45) is 0 Å². The van der Waals surface area contributed by atoms with Crippen LogP contribution in [0, 0.1) is 6.92 Å². The summed E-state index contributed by atoms with van der Waals surface area (Å²) < 4.78 is 28.2. The molecule has 0 fully saturated rings. The summed E-state index contributed by atoms with van der Waals surface area (Å²) in [6, 6.07) is 23.7. The van der Waals surface area contributed by atoms with Gasteiger partial charge in [0.2, 0.25) is 0 Å². The molecule has 32 heavy (non-hydrogen) atoms. The molecule has 0 radical (unpaired) electrons. The number of aryl methyl sites for hydroxylation is 1. The minimum absolute atomic E-state index is 0.116. The third-order valence-corrected chi connectivity index (χ3v) is 8.33. The molecule has 1 heterocycles. The molecule has 1 aromatic heterocycles. The van der Waals surface area contributed by atoms with Crippen LogP contribution < -0.4 is 9.62 Å². The van der Waals surface area contributed by atoms with E-state index < -0.39 is 10.0 Å². The fraction of sp³-hybridized carbons (Fsp3) is 0.160. The highest BCUT2D eigenvalue weighted by Gasteiger charge is 2.22. The van der Waals surface area contributed by atoms with Crippen LogP contribution >= 0.6 is 11.3 Å². The van der Waals surface area contributed by atoms with Crippen LogP contribution in [0.5, 0.6) is 0 Å². The predicted molar refractivity (Wildman–Crippen MR) is 131 cm³/mol. The van der Waals surface area contributed by atoms with Gasteiger partial charge in [0, 0.05) is 11.7 Å². The van der Waals surface area contributed by atoms with Crippen molar-refractivity contribution in [2.75, 3.05) is 11.4 Å². The van der Waals surface area contributed by atoms with Crippen LogP contribution in [0.2, 0.25) is 0 Å². The summed E-state index contributed by atoms with van der Waals surface area (Å²) in [4.78, 5) is 13.6. The molecule has 0 saturated heterocycles. The van der Waals surface area contributed by atoms with Gasteiger partial charge < -0.3 is 5.32 Å². The molecule has 0 aliphatic heterocycles. The molecule has 0 bridgehead atoms. The Labute approximate surface area is 192 Å². The van der Waals surface area contributed by atoms with Gasteiger partial charge in [0.25, 0.3) is 15.9 Å². The molecular formula is C25H24N2O3S2. The zero-order valence-corrected chi connectivity index (χ0v) is 19.7. The van der Waals surface area contributed by atoms with Crippen molar-refractivity contribution >= 4 is 43.0 Å². The minimum atomic E-state index is -3.68. The average molecular weight is 465 g/mol. The van der Waals surface area contributed by atoms with Crippen LogP contribution in [0.25, 0.3) is 10.1 Å². The molecule has 0 saturated carbocycles. The quantitative estimate of drug-likeness (QED) is 0.408. The van der Waals surface area contributed by atoms with Gasteiger partial charge in [-0.3, -0.25) is 9.10 Å². The summed E-state index contributed by atoms with van der Waals surface area (Å²) in [7, 11) is -2.14. The predicted octanol–water partition coefficient (Wildman–Crippen LogP) is 5.53. The van der Waals surface area contributed by atoms with E-state index >= 15 is 0 Å². The molecule has 164 valence electrons. The number of nitrogens with one attached hydrogen (secondary N) is 1. The number of fused-ring (bicyclic) bond motifs is 1. The van der Waals surface area contributed by atoms with Crippen molar-refractivity contribution < 1.29 is 13.2 Å². The van der Waals surface area contributed by atoms with Crippen LogP contribution in [-0.4, -0.2) is 21.4 Å². The SMILES string of the molecule is Cc1ccc(S(=O)(=O)N(C)c2ccc3sc(C(=O)N[C@H](C)c4ccccc4)cc3c2)cc1. The van der Waals surface area contributed by atoms with Crippen molar-refractivity contribution in [3.8, 4) is 0 Å². The molecular weight excluding hydrogens is 440 g/mol. The Morgan fingerprint density at radius 3 is 2.34 bits per heavy atom. The van der Waals surface area contributed by atoms with E-state index in [2.05, 4.69) is 5.32 Å². The van der Waals surface area contributed by atoms with Gasteiger partial charge in [-0.1, -0.05) is 48.0 Å².